The number of hydrogen-bond acceptors (Lipinski definition) is 3. The molecule has 1 rings (SSSR count). The molecule has 1 aromatic rings. The van der Waals surface area contributed by atoms with Gasteiger partial charge in [0.15, 0.2) is 0 Å². The summed E-state index contributed by atoms with van der Waals surface area (Å²) in [6.45, 7) is 4.82. The molecule has 0 aliphatic carbocycles. The van der Waals surface area contributed by atoms with Gasteiger partial charge in [-0.2, -0.15) is 0 Å². The molecule has 0 spiro atoms. The van der Waals surface area contributed by atoms with Gasteiger partial charge >= 0.3 is 0 Å². The smallest absolute Gasteiger partial charge is 0.250 e. The molecule has 3 N–H and O–H groups in total. The molecule has 0 bridgehead atoms. The summed E-state index contributed by atoms with van der Waals surface area (Å²) in [5.74, 6) is -0.252. The molecule has 0 fully saturated rings. The lowest BCUT2D eigenvalue weighted by atomic mass is 10.0. The van der Waals surface area contributed by atoms with Gasteiger partial charge < -0.3 is 15.6 Å². The monoisotopic (exact) mass is 251 g/mol. The lowest BCUT2D eigenvalue weighted by Gasteiger charge is -2.14. The first-order valence-electron chi connectivity index (χ1n) is 6.33. The van der Waals surface area contributed by atoms with Crippen LogP contribution in [0.3, 0.4) is 0 Å². The Morgan fingerprint density at radius 1 is 1.44 bits per heavy atom. The summed E-state index contributed by atoms with van der Waals surface area (Å²) < 4.78 is 1.55. The first-order valence-corrected chi connectivity index (χ1v) is 6.33. The van der Waals surface area contributed by atoms with Gasteiger partial charge in [0.25, 0.3) is 5.56 Å². The zero-order chi connectivity index (χ0) is 13.5. The summed E-state index contributed by atoms with van der Waals surface area (Å²) >= 11 is 0. The van der Waals surface area contributed by atoms with Crippen molar-refractivity contribution in [3.05, 3.63) is 28.7 Å². The van der Waals surface area contributed by atoms with E-state index in [1.165, 1.54) is 6.07 Å². The maximum atomic E-state index is 11.9. The zero-order valence-electron chi connectivity index (χ0n) is 11.0. The number of amides is 1. The van der Waals surface area contributed by atoms with Gasteiger partial charge in [-0.15, -0.1) is 0 Å². The number of aromatic nitrogens is 1. The molecule has 1 unspecified atom stereocenters. The van der Waals surface area contributed by atoms with E-state index < -0.39 is 0 Å². The van der Waals surface area contributed by atoms with Crippen molar-refractivity contribution >= 4 is 11.6 Å². The molecule has 0 aliphatic rings. The number of rotatable bonds is 6. The van der Waals surface area contributed by atoms with Crippen molar-refractivity contribution < 1.29 is 4.79 Å². The van der Waals surface area contributed by atoms with Gasteiger partial charge in [0, 0.05) is 25.4 Å². The number of hydrogen-bond donors (Lipinski definition) is 2. The van der Waals surface area contributed by atoms with Crippen LogP contribution in [0.1, 0.15) is 26.7 Å². The molecule has 0 aromatic carbocycles. The Labute approximate surface area is 107 Å². The Bertz CT molecular complexity index is 454. The highest BCUT2D eigenvalue weighted by atomic mass is 16.2. The van der Waals surface area contributed by atoms with Crippen molar-refractivity contribution in [2.45, 2.75) is 33.2 Å². The molecular formula is C13H21N3O2. The Morgan fingerprint density at radius 2 is 2.17 bits per heavy atom. The van der Waals surface area contributed by atoms with Crippen molar-refractivity contribution in [1.29, 1.82) is 0 Å². The average molecular weight is 251 g/mol. The van der Waals surface area contributed by atoms with E-state index in [4.69, 9.17) is 5.73 Å². The second-order valence-electron chi connectivity index (χ2n) is 4.25. The summed E-state index contributed by atoms with van der Waals surface area (Å²) in [6.07, 6.45) is 3.35. The molecule has 5 heteroatoms. The first-order chi connectivity index (χ1) is 8.62. The third kappa shape index (κ3) is 3.70. The number of aryl methyl sites for hydroxylation is 1. The van der Waals surface area contributed by atoms with Gasteiger partial charge in [0.2, 0.25) is 5.91 Å². The van der Waals surface area contributed by atoms with E-state index in [1.807, 2.05) is 13.8 Å². The second-order valence-corrected chi connectivity index (χ2v) is 4.25. The number of pyridine rings is 1. The molecule has 100 valence electrons. The number of carbonyl (C=O) groups excluding carboxylic acids is 1. The zero-order valence-corrected chi connectivity index (χ0v) is 11.0. The fourth-order valence-electron chi connectivity index (χ4n) is 1.80. The highest BCUT2D eigenvalue weighted by Gasteiger charge is 2.15. The molecule has 1 aromatic heterocycles. The maximum absolute atomic E-state index is 11.9. The Kier molecular flexibility index (Phi) is 5.58. The summed E-state index contributed by atoms with van der Waals surface area (Å²) in [6, 6.07) is 3.07. The van der Waals surface area contributed by atoms with E-state index in [0.29, 0.717) is 18.8 Å². The highest BCUT2D eigenvalue weighted by molar-refractivity contribution is 5.92. The average Bonchev–Trinajstić information content (AvgIpc) is 2.38. The molecule has 5 nitrogen and oxygen atoms in total. The van der Waals surface area contributed by atoms with Crippen LogP contribution in [0, 0.1) is 5.92 Å². The minimum Gasteiger partial charge on any atom is -0.330 e. The molecule has 1 heterocycles. The predicted molar refractivity (Wildman–Crippen MR) is 72.5 cm³/mol. The van der Waals surface area contributed by atoms with E-state index in [2.05, 4.69) is 5.32 Å². The number of nitrogens with two attached hydrogens (primary N) is 1. The molecule has 0 saturated carbocycles. The van der Waals surface area contributed by atoms with Crippen LogP contribution in [0.5, 0.6) is 0 Å². The molecule has 0 saturated heterocycles. The van der Waals surface area contributed by atoms with E-state index in [0.717, 1.165) is 12.8 Å². The van der Waals surface area contributed by atoms with Crippen molar-refractivity contribution in [3.8, 4) is 0 Å². The minimum absolute atomic E-state index is 0.0700. The highest BCUT2D eigenvalue weighted by Crippen LogP contribution is 2.10. The minimum atomic E-state index is -0.169. The maximum Gasteiger partial charge on any atom is 0.250 e. The molecule has 0 radical (unpaired) electrons. The Morgan fingerprint density at radius 3 is 2.72 bits per heavy atom. The summed E-state index contributed by atoms with van der Waals surface area (Å²) in [5, 5.41) is 2.80. The van der Waals surface area contributed by atoms with Crippen LogP contribution in [0.25, 0.3) is 0 Å². The fraction of sp³-hybridized carbons (Fsp3) is 0.538. The quantitative estimate of drug-likeness (QED) is 0.797. The lowest BCUT2D eigenvalue weighted by Crippen LogP contribution is -2.29. The van der Waals surface area contributed by atoms with Gasteiger partial charge in [-0.3, -0.25) is 9.59 Å². The van der Waals surface area contributed by atoms with Crippen molar-refractivity contribution in [2.24, 2.45) is 11.7 Å². The largest absolute Gasteiger partial charge is 0.330 e. The molecule has 0 aliphatic heterocycles. The standard InChI is InChI=1S/C13H21N3O2/c1-3-5-10(8-14)13(18)15-11-6-7-12(17)16(4-2)9-11/h6-7,9-10H,3-5,8,14H2,1-2H3,(H,15,18). The van der Waals surface area contributed by atoms with Crippen molar-refractivity contribution in [2.75, 3.05) is 11.9 Å². The van der Waals surface area contributed by atoms with Gasteiger partial charge in [0.1, 0.15) is 0 Å². The van der Waals surface area contributed by atoms with Crippen LogP contribution >= 0.6 is 0 Å². The van der Waals surface area contributed by atoms with Crippen molar-refractivity contribution in [3.63, 3.8) is 0 Å². The topological polar surface area (TPSA) is 77.1 Å². The fourth-order valence-corrected chi connectivity index (χ4v) is 1.80. The second kappa shape index (κ2) is 6.96. The molecule has 1 atom stereocenters. The van der Waals surface area contributed by atoms with Crippen molar-refractivity contribution in [1.82, 2.24) is 4.57 Å². The first kappa shape index (κ1) is 14.4. The van der Waals surface area contributed by atoms with E-state index in [1.54, 1.807) is 16.8 Å². The third-order valence-corrected chi connectivity index (χ3v) is 2.88. The van der Waals surface area contributed by atoms with Crippen LogP contribution in [0.4, 0.5) is 5.69 Å². The third-order valence-electron chi connectivity index (χ3n) is 2.88. The number of anilines is 1. The summed E-state index contributed by atoms with van der Waals surface area (Å²) in [4.78, 5) is 23.4. The van der Waals surface area contributed by atoms with Gasteiger partial charge in [-0.1, -0.05) is 13.3 Å². The SMILES string of the molecule is CCCC(CN)C(=O)Nc1ccc(=O)n(CC)c1. The van der Waals surface area contributed by atoms with Crippen LogP contribution < -0.4 is 16.6 Å². The van der Waals surface area contributed by atoms with Crippen LogP contribution in [-0.4, -0.2) is 17.0 Å². The number of nitrogens with zero attached hydrogens (tertiary/aromatic N) is 1. The normalized spacial score (nSPS) is 12.2. The van der Waals surface area contributed by atoms with Crippen LogP contribution in [0.2, 0.25) is 0 Å². The Hall–Kier alpha value is -1.62. The number of nitrogens with one attached hydrogen (secondary N) is 1. The number of carbonyl (C=O) groups is 1. The van der Waals surface area contributed by atoms with Gasteiger partial charge in [-0.25, -0.2) is 0 Å². The molecule has 1 amide bonds. The summed E-state index contributed by atoms with van der Waals surface area (Å²) in [7, 11) is 0. The predicted octanol–water partition coefficient (Wildman–Crippen LogP) is 1.18. The molecular weight excluding hydrogens is 230 g/mol. The summed E-state index contributed by atoms with van der Waals surface area (Å²) in [5.41, 5.74) is 6.14. The Balaban J connectivity index is 2.78. The van der Waals surface area contributed by atoms with E-state index in [-0.39, 0.29) is 17.4 Å². The van der Waals surface area contributed by atoms with E-state index >= 15 is 0 Å². The van der Waals surface area contributed by atoms with Gasteiger partial charge in [0.05, 0.1) is 11.6 Å². The molecule has 18 heavy (non-hydrogen) atoms. The van der Waals surface area contributed by atoms with Crippen LogP contribution in [0.15, 0.2) is 23.1 Å². The van der Waals surface area contributed by atoms with Gasteiger partial charge in [-0.05, 0) is 19.4 Å². The van der Waals surface area contributed by atoms with E-state index in [9.17, 15) is 9.59 Å². The van der Waals surface area contributed by atoms with Crippen LogP contribution in [-0.2, 0) is 11.3 Å². The lowest BCUT2D eigenvalue weighted by molar-refractivity contribution is -0.119.